The first-order valence-electron chi connectivity index (χ1n) is 10.1. The van der Waals surface area contributed by atoms with E-state index in [1.165, 1.54) is 28.1 Å². The highest BCUT2D eigenvalue weighted by Gasteiger charge is 2.31. The van der Waals surface area contributed by atoms with E-state index in [2.05, 4.69) is 66.2 Å². The van der Waals surface area contributed by atoms with Gasteiger partial charge in [0, 0.05) is 48.7 Å². The Morgan fingerprint density at radius 3 is 2.78 bits per heavy atom. The fraction of sp³-hybridized carbons (Fsp3) is 0.375. The molecule has 3 nitrogen and oxygen atoms in total. The standard InChI is InChI=1S/C24H26N2O/c1-2-6-20-17(4-1)5-3-7-21(20)23-16-25-24-11-9-18(8-10-22(23)24)26-19-12-14-27-15-13-19/h1-5,7-9,11,16,19-20,22,26H,6,10,12-15H2. The van der Waals surface area contributed by atoms with Gasteiger partial charge in [-0.3, -0.25) is 4.99 Å². The Balaban J connectivity index is 1.33. The maximum Gasteiger partial charge on any atom is 0.0485 e. The lowest BCUT2D eigenvalue weighted by Crippen LogP contribution is -2.33. The molecule has 2 unspecified atom stereocenters. The molecule has 1 N–H and O–H groups in total. The van der Waals surface area contributed by atoms with Gasteiger partial charge in [-0.25, -0.2) is 0 Å². The highest BCUT2D eigenvalue weighted by molar-refractivity contribution is 6.02. The molecule has 3 heteroatoms. The van der Waals surface area contributed by atoms with Crippen LogP contribution in [0.1, 0.15) is 25.7 Å². The quantitative estimate of drug-likeness (QED) is 0.803. The molecule has 3 aliphatic carbocycles. The summed E-state index contributed by atoms with van der Waals surface area (Å²) in [5, 5.41) is 3.70. The van der Waals surface area contributed by atoms with E-state index in [9.17, 15) is 0 Å². The summed E-state index contributed by atoms with van der Waals surface area (Å²) in [5.74, 6) is 0.858. The molecule has 0 saturated carbocycles. The van der Waals surface area contributed by atoms with Crippen molar-refractivity contribution in [2.24, 2.45) is 16.8 Å². The molecule has 2 aliphatic heterocycles. The number of ether oxygens (including phenoxy) is 1. The van der Waals surface area contributed by atoms with Crippen LogP contribution in [0.3, 0.4) is 0 Å². The average Bonchev–Trinajstić information content (AvgIpc) is 3.02. The van der Waals surface area contributed by atoms with Crippen molar-refractivity contribution in [3.8, 4) is 0 Å². The summed E-state index contributed by atoms with van der Waals surface area (Å²) in [6.07, 6.45) is 26.6. The largest absolute Gasteiger partial charge is 0.382 e. The first kappa shape index (κ1) is 16.8. The molecule has 138 valence electrons. The Labute approximate surface area is 161 Å². The van der Waals surface area contributed by atoms with Crippen LogP contribution in [0.2, 0.25) is 0 Å². The number of rotatable bonds is 3. The molecule has 0 bridgehead atoms. The third-order valence-electron chi connectivity index (χ3n) is 6.16. The molecule has 27 heavy (non-hydrogen) atoms. The first-order valence-corrected chi connectivity index (χ1v) is 10.1. The van der Waals surface area contributed by atoms with Gasteiger partial charge in [-0.1, -0.05) is 42.5 Å². The number of allylic oxidation sites excluding steroid dienone is 12. The van der Waals surface area contributed by atoms with Crippen molar-refractivity contribution in [2.45, 2.75) is 31.7 Å². The van der Waals surface area contributed by atoms with Crippen molar-refractivity contribution in [1.82, 2.24) is 5.32 Å². The highest BCUT2D eigenvalue weighted by atomic mass is 16.5. The molecule has 0 aromatic heterocycles. The van der Waals surface area contributed by atoms with Gasteiger partial charge < -0.3 is 10.1 Å². The van der Waals surface area contributed by atoms with E-state index in [-0.39, 0.29) is 0 Å². The van der Waals surface area contributed by atoms with Gasteiger partial charge in [0.05, 0.1) is 0 Å². The summed E-state index contributed by atoms with van der Waals surface area (Å²) >= 11 is 0. The molecule has 0 radical (unpaired) electrons. The number of nitrogens with zero attached hydrogens (tertiary/aromatic N) is 1. The number of fused-ring (bicyclic) bond motifs is 2. The molecule has 2 heterocycles. The van der Waals surface area contributed by atoms with Crippen molar-refractivity contribution in [2.75, 3.05) is 13.2 Å². The maximum atomic E-state index is 5.47. The van der Waals surface area contributed by atoms with E-state index in [4.69, 9.17) is 9.73 Å². The van der Waals surface area contributed by atoms with E-state index in [1.807, 2.05) is 0 Å². The van der Waals surface area contributed by atoms with Crippen LogP contribution in [0, 0.1) is 11.8 Å². The van der Waals surface area contributed by atoms with E-state index in [0.717, 1.165) is 38.9 Å². The van der Waals surface area contributed by atoms with Crippen LogP contribution >= 0.6 is 0 Å². The summed E-state index contributed by atoms with van der Waals surface area (Å²) in [4.78, 5) is 4.78. The van der Waals surface area contributed by atoms with Crippen LogP contribution in [0.15, 0.2) is 88.3 Å². The Morgan fingerprint density at radius 2 is 1.85 bits per heavy atom. The molecule has 0 amide bonds. The minimum atomic E-state index is 0.375. The van der Waals surface area contributed by atoms with Crippen LogP contribution in [0.5, 0.6) is 0 Å². The summed E-state index contributed by atoms with van der Waals surface area (Å²) in [5.41, 5.74) is 6.69. The lowest BCUT2D eigenvalue weighted by atomic mass is 9.75. The second-order valence-corrected chi connectivity index (χ2v) is 7.81. The van der Waals surface area contributed by atoms with Crippen LogP contribution in [0.25, 0.3) is 0 Å². The second kappa shape index (κ2) is 7.32. The number of nitrogens with one attached hydrogen (secondary N) is 1. The summed E-state index contributed by atoms with van der Waals surface area (Å²) in [7, 11) is 0. The predicted octanol–water partition coefficient (Wildman–Crippen LogP) is 4.55. The van der Waals surface area contributed by atoms with Gasteiger partial charge >= 0.3 is 0 Å². The molecule has 2 atom stereocenters. The molecular formula is C24H26N2O. The Morgan fingerprint density at radius 1 is 0.926 bits per heavy atom. The fourth-order valence-corrected chi connectivity index (χ4v) is 4.64. The minimum absolute atomic E-state index is 0.375. The molecule has 1 fully saturated rings. The van der Waals surface area contributed by atoms with Gasteiger partial charge in [0.1, 0.15) is 0 Å². The molecule has 0 spiro atoms. The average molecular weight is 358 g/mol. The molecule has 0 aromatic carbocycles. The Bertz CT molecular complexity index is 857. The number of aliphatic imine (C=N–C) groups is 1. The number of hydrogen-bond donors (Lipinski definition) is 1. The van der Waals surface area contributed by atoms with Gasteiger partial charge in [-0.2, -0.15) is 0 Å². The van der Waals surface area contributed by atoms with Crippen molar-refractivity contribution in [1.29, 1.82) is 0 Å². The van der Waals surface area contributed by atoms with E-state index in [1.54, 1.807) is 0 Å². The summed E-state index contributed by atoms with van der Waals surface area (Å²) < 4.78 is 5.47. The zero-order valence-corrected chi connectivity index (χ0v) is 15.6. The van der Waals surface area contributed by atoms with Gasteiger partial charge in [-0.15, -0.1) is 0 Å². The third kappa shape index (κ3) is 3.32. The van der Waals surface area contributed by atoms with Crippen molar-refractivity contribution in [3.63, 3.8) is 0 Å². The minimum Gasteiger partial charge on any atom is -0.382 e. The predicted molar refractivity (Wildman–Crippen MR) is 110 cm³/mol. The third-order valence-corrected chi connectivity index (χ3v) is 6.16. The summed E-state index contributed by atoms with van der Waals surface area (Å²) in [6, 6.07) is 0.525. The molecule has 5 rings (SSSR count). The van der Waals surface area contributed by atoms with Crippen LogP contribution in [-0.2, 0) is 4.74 Å². The lowest BCUT2D eigenvalue weighted by Gasteiger charge is -2.28. The van der Waals surface area contributed by atoms with Gasteiger partial charge in [0.15, 0.2) is 0 Å². The Kier molecular flexibility index (Phi) is 4.54. The molecule has 5 aliphatic rings. The zero-order valence-electron chi connectivity index (χ0n) is 15.6. The van der Waals surface area contributed by atoms with Gasteiger partial charge in [0.25, 0.3) is 0 Å². The van der Waals surface area contributed by atoms with Crippen LogP contribution in [-0.4, -0.2) is 25.0 Å². The van der Waals surface area contributed by atoms with Gasteiger partial charge in [-0.05, 0) is 54.6 Å². The molecule has 0 aromatic rings. The normalized spacial score (nSPS) is 29.7. The highest BCUT2D eigenvalue weighted by Crippen LogP contribution is 2.41. The zero-order chi connectivity index (χ0) is 18.1. The van der Waals surface area contributed by atoms with Crippen molar-refractivity contribution >= 4 is 5.71 Å². The van der Waals surface area contributed by atoms with Crippen molar-refractivity contribution in [3.05, 3.63) is 83.3 Å². The maximum absolute atomic E-state index is 5.47. The van der Waals surface area contributed by atoms with E-state index >= 15 is 0 Å². The van der Waals surface area contributed by atoms with Gasteiger partial charge in [0.2, 0.25) is 0 Å². The van der Waals surface area contributed by atoms with Crippen molar-refractivity contribution < 1.29 is 4.74 Å². The summed E-state index contributed by atoms with van der Waals surface area (Å²) in [6.45, 7) is 1.73. The topological polar surface area (TPSA) is 33.6 Å². The number of hydrogen-bond acceptors (Lipinski definition) is 3. The smallest absolute Gasteiger partial charge is 0.0485 e. The molecule has 1 saturated heterocycles. The Hall–Kier alpha value is -2.39. The van der Waals surface area contributed by atoms with Crippen LogP contribution < -0.4 is 5.32 Å². The monoisotopic (exact) mass is 358 g/mol. The fourth-order valence-electron chi connectivity index (χ4n) is 4.64. The van der Waals surface area contributed by atoms with Crippen LogP contribution in [0.4, 0.5) is 0 Å². The SMILES string of the molecule is C1=CCC2C(=C1)C=CC=C2C1=CN=C2C=CC(NC3CCOCC3)=CCC12. The molecular weight excluding hydrogens is 332 g/mol. The van der Waals surface area contributed by atoms with E-state index in [0.29, 0.717) is 17.9 Å². The lowest BCUT2D eigenvalue weighted by molar-refractivity contribution is 0.0806. The second-order valence-electron chi connectivity index (χ2n) is 7.81. The van der Waals surface area contributed by atoms with E-state index < -0.39 is 0 Å². The first-order chi connectivity index (χ1) is 13.4.